The number of sulfone groups is 1. The SMILES string of the molecule is CNc1cccc(C(=O)NCCS(C)(=O)=O)n1. The molecule has 1 aromatic rings. The topological polar surface area (TPSA) is 88.2 Å². The Morgan fingerprint density at radius 3 is 2.71 bits per heavy atom. The van der Waals surface area contributed by atoms with Gasteiger partial charge in [0.05, 0.1) is 5.75 Å². The van der Waals surface area contributed by atoms with Crippen molar-refractivity contribution in [2.75, 3.05) is 30.9 Å². The van der Waals surface area contributed by atoms with Crippen molar-refractivity contribution >= 4 is 21.6 Å². The molecule has 0 saturated heterocycles. The summed E-state index contributed by atoms with van der Waals surface area (Å²) in [4.78, 5) is 15.6. The summed E-state index contributed by atoms with van der Waals surface area (Å²) in [5.74, 6) is 0.122. The Hall–Kier alpha value is -1.63. The molecule has 0 atom stereocenters. The fourth-order valence-corrected chi connectivity index (χ4v) is 1.61. The standard InChI is InChI=1S/C10H15N3O3S/c1-11-9-5-3-4-8(13-9)10(14)12-6-7-17(2,15)16/h3-5H,6-7H2,1-2H3,(H,11,13)(H,12,14). The fourth-order valence-electron chi connectivity index (χ4n) is 1.14. The van der Waals surface area contributed by atoms with Crippen molar-refractivity contribution in [1.29, 1.82) is 0 Å². The second-order valence-corrected chi connectivity index (χ2v) is 5.80. The zero-order valence-corrected chi connectivity index (χ0v) is 10.5. The lowest BCUT2D eigenvalue weighted by Crippen LogP contribution is -2.29. The molecule has 0 bridgehead atoms. The van der Waals surface area contributed by atoms with Gasteiger partial charge in [0.2, 0.25) is 0 Å². The molecule has 1 rings (SSSR count). The number of hydrogen-bond donors (Lipinski definition) is 2. The number of carbonyl (C=O) groups excluding carboxylic acids is 1. The Bertz CT molecular complexity index is 499. The van der Waals surface area contributed by atoms with Gasteiger partial charge in [0.1, 0.15) is 21.3 Å². The molecule has 1 amide bonds. The summed E-state index contributed by atoms with van der Waals surface area (Å²) in [7, 11) is -1.36. The van der Waals surface area contributed by atoms with Crippen LogP contribution in [0.1, 0.15) is 10.5 Å². The van der Waals surface area contributed by atoms with Crippen molar-refractivity contribution in [3.05, 3.63) is 23.9 Å². The average Bonchev–Trinajstić information content (AvgIpc) is 2.27. The van der Waals surface area contributed by atoms with Crippen molar-refractivity contribution in [2.24, 2.45) is 0 Å². The van der Waals surface area contributed by atoms with Crippen LogP contribution in [0.3, 0.4) is 0 Å². The first-order valence-electron chi connectivity index (χ1n) is 5.03. The smallest absolute Gasteiger partial charge is 0.269 e. The predicted octanol–water partition coefficient (Wildman–Crippen LogP) is -0.102. The van der Waals surface area contributed by atoms with Gasteiger partial charge in [0.15, 0.2) is 0 Å². The minimum absolute atomic E-state index is 0.0789. The Labute approximate surface area is 100 Å². The Kier molecular flexibility index (Phi) is 4.45. The van der Waals surface area contributed by atoms with Crippen LogP contribution in [0.25, 0.3) is 0 Å². The highest BCUT2D eigenvalue weighted by Crippen LogP contribution is 2.03. The van der Waals surface area contributed by atoms with E-state index in [4.69, 9.17) is 0 Å². The van der Waals surface area contributed by atoms with Crippen LogP contribution in [-0.2, 0) is 9.84 Å². The molecule has 0 aromatic carbocycles. The number of carbonyl (C=O) groups is 1. The average molecular weight is 257 g/mol. The maximum Gasteiger partial charge on any atom is 0.269 e. The molecule has 0 radical (unpaired) electrons. The molecule has 0 aliphatic rings. The highest BCUT2D eigenvalue weighted by Gasteiger charge is 2.08. The predicted molar refractivity (Wildman–Crippen MR) is 65.8 cm³/mol. The second-order valence-electron chi connectivity index (χ2n) is 3.54. The van der Waals surface area contributed by atoms with E-state index in [0.717, 1.165) is 6.26 Å². The van der Waals surface area contributed by atoms with E-state index in [1.54, 1.807) is 25.2 Å². The van der Waals surface area contributed by atoms with E-state index in [0.29, 0.717) is 5.82 Å². The van der Waals surface area contributed by atoms with E-state index < -0.39 is 9.84 Å². The van der Waals surface area contributed by atoms with Crippen LogP contribution >= 0.6 is 0 Å². The highest BCUT2D eigenvalue weighted by molar-refractivity contribution is 7.90. The van der Waals surface area contributed by atoms with Gasteiger partial charge in [-0.05, 0) is 12.1 Å². The fraction of sp³-hybridized carbons (Fsp3) is 0.400. The zero-order valence-electron chi connectivity index (χ0n) is 9.73. The number of nitrogens with zero attached hydrogens (tertiary/aromatic N) is 1. The third-order valence-electron chi connectivity index (χ3n) is 2.00. The van der Waals surface area contributed by atoms with E-state index in [1.165, 1.54) is 0 Å². The van der Waals surface area contributed by atoms with Gasteiger partial charge in [0.25, 0.3) is 5.91 Å². The molecule has 0 fully saturated rings. The monoisotopic (exact) mass is 257 g/mol. The summed E-state index contributed by atoms with van der Waals surface area (Å²) >= 11 is 0. The Morgan fingerprint density at radius 1 is 1.41 bits per heavy atom. The number of aromatic nitrogens is 1. The molecule has 0 aliphatic heterocycles. The Morgan fingerprint density at radius 2 is 2.12 bits per heavy atom. The molecule has 2 N–H and O–H groups in total. The first kappa shape index (κ1) is 13.4. The summed E-state index contributed by atoms with van der Waals surface area (Å²) in [6, 6.07) is 4.99. The number of hydrogen-bond acceptors (Lipinski definition) is 5. The van der Waals surface area contributed by atoms with Crippen molar-refractivity contribution in [1.82, 2.24) is 10.3 Å². The third kappa shape index (κ3) is 4.81. The summed E-state index contributed by atoms with van der Waals surface area (Å²) in [6.07, 6.45) is 1.12. The molecule has 1 heterocycles. The number of rotatable bonds is 5. The number of amides is 1. The summed E-state index contributed by atoms with van der Waals surface area (Å²) in [5, 5.41) is 5.31. The van der Waals surface area contributed by atoms with Gasteiger partial charge in [-0.3, -0.25) is 4.79 Å². The van der Waals surface area contributed by atoms with E-state index in [-0.39, 0.29) is 23.9 Å². The van der Waals surface area contributed by atoms with Crippen molar-refractivity contribution in [2.45, 2.75) is 0 Å². The lowest BCUT2D eigenvalue weighted by atomic mass is 10.3. The molecular formula is C10H15N3O3S. The quantitative estimate of drug-likeness (QED) is 0.769. The molecule has 1 aromatic heterocycles. The van der Waals surface area contributed by atoms with Crippen LogP contribution in [0.4, 0.5) is 5.82 Å². The van der Waals surface area contributed by atoms with Crippen LogP contribution in [0.5, 0.6) is 0 Å². The largest absolute Gasteiger partial charge is 0.373 e. The zero-order chi connectivity index (χ0) is 12.9. The van der Waals surface area contributed by atoms with Crippen LogP contribution < -0.4 is 10.6 Å². The van der Waals surface area contributed by atoms with Crippen molar-refractivity contribution in [3.8, 4) is 0 Å². The van der Waals surface area contributed by atoms with Gasteiger partial charge >= 0.3 is 0 Å². The van der Waals surface area contributed by atoms with Gasteiger partial charge in [-0.15, -0.1) is 0 Å². The molecule has 0 unspecified atom stereocenters. The van der Waals surface area contributed by atoms with E-state index in [9.17, 15) is 13.2 Å². The van der Waals surface area contributed by atoms with Gasteiger partial charge in [-0.1, -0.05) is 6.07 Å². The molecule has 6 nitrogen and oxygen atoms in total. The van der Waals surface area contributed by atoms with E-state index in [1.807, 2.05) is 0 Å². The molecular weight excluding hydrogens is 242 g/mol. The number of pyridine rings is 1. The molecule has 0 spiro atoms. The van der Waals surface area contributed by atoms with Crippen LogP contribution in [-0.4, -0.2) is 44.9 Å². The summed E-state index contributed by atoms with van der Waals surface area (Å²) in [5.41, 5.74) is 0.255. The summed E-state index contributed by atoms with van der Waals surface area (Å²) in [6.45, 7) is 0.0864. The maximum atomic E-state index is 11.6. The molecule has 0 saturated carbocycles. The summed E-state index contributed by atoms with van der Waals surface area (Å²) < 4.78 is 21.7. The normalized spacial score (nSPS) is 10.9. The Balaban J connectivity index is 2.58. The molecule has 94 valence electrons. The highest BCUT2D eigenvalue weighted by atomic mass is 32.2. The van der Waals surface area contributed by atoms with E-state index in [2.05, 4.69) is 15.6 Å². The third-order valence-corrected chi connectivity index (χ3v) is 2.94. The van der Waals surface area contributed by atoms with Crippen molar-refractivity contribution < 1.29 is 13.2 Å². The van der Waals surface area contributed by atoms with Gasteiger partial charge in [0, 0.05) is 19.8 Å². The lowest BCUT2D eigenvalue weighted by Gasteiger charge is -2.05. The van der Waals surface area contributed by atoms with E-state index >= 15 is 0 Å². The first-order chi connectivity index (χ1) is 7.92. The number of anilines is 1. The first-order valence-corrected chi connectivity index (χ1v) is 7.09. The maximum absolute atomic E-state index is 11.6. The molecule has 0 aliphatic carbocycles. The lowest BCUT2D eigenvalue weighted by molar-refractivity contribution is 0.0951. The van der Waals surface area contributed by atoms with Crippen LogP contribution in [0.2, 0.25) is 0 Å². The second kappa shape index (κ2) is 5.62. The molecule has 7 heteroatoms. The van der Waals surface area contributed by atoms with Crippen molar-refractivity contribution in [3.63, 3.8) is 0 Å². The van der Waals surface area contributed by atoms with Gasteiger partial charge in [-0.25, -0.2) is 13.4 Å². The van der Waals surface area contributed by atoms with Crippen LogP contribution in [0.15, 0.2) is 18.2 Å². The van der Waals surface area contributed by atoms with Crippen LogP contribution in [0, 0.1) is 0 Å². The van der Waals surface area contributed by atoms with Gasteiger partial charge < -0.3 is 10.6 Å². The van der Waals surface area contributed by atoms with Gasteiger partial charge in [-0.2, -0.15) is 0 Å². The number of nitrogens with one attached hydrogen (secondary N) is 2. The molecule has 17 heavy (non-hydrogen) atoms. The minimum Gasteiger partial charge on any atom is -0.373 e. The minimum atomic E-state index is -3.06.